The Bertz CT molecular complexity index is 450. The number of hydrogen-bond donors (Lipinski definition) is 0. The molecule has 0 aromatic carbocycles. The standard InChI is InChI=1S/C20H36O4/c1-15(2)9-11-19(17(5,6)13-15)21-23-20(24-22-19)12-10-16(3,4)14-18(20,7)8/h9-14H2,1-8H3. The Balaban J connectivity index is 1.79. The van der Waals surface area contributed by atoms with Gasteiger partial charge in [0.05, 0.1) is 0 Å². The molecule has 3 rings (SSSR count). The molecule has 2 saturated carbocycles. The zero-order chi connectivity index (χ0) is 18.1. The van der Waals surface area contributed by atoms with E-state index in [0.29, 0.717) is 0 Å². The van der Waals surface area contributed by atoms with Gasteiger partial charge in [-0.15, -0.1) is 0 Å². The van der Waals surface area contributed by atoms with E-state index in [9.17, 15) is 0 Å². The highest BCUT2D eigenvalue weighted by Crippen LogP contribution is 2.60. The van der Waals surface area contributed by atoms with Crippen molar-refractivity contribution in [2.75, 3.05) is 0 Å². The van der Waals surface area contributed by atoms with Crippen LogP contribution in [0.5, 0.6) is 0 Å². The Hall–Kier alpha value is -0.160. The predicted octanol–water partition coefficient (Wildman–Crippen LogP) is 5.76. The molecule has 2 aliphatic carbocycles. The summed E-state index contributed by atoms with van der Waals surface area (Å²) in [7, 11) is 0. The summed E-state index contributed by atoms with van der Waals surface area (Å²) in [5, 5.41) is 0. The summed E-state index contributed by atoms with van der Waals surface area (Å²) < 4.78 is 0. The van der Waals surface area contributed by atoms with Crippen molar-refractivity contribution in [1.29, 1.82) is 0 Å². The fourth-order valence-electron chi connectivity index (χ4n) is 5.44. The summed E-state index contributed by atoms with van der Waals surface area (Å²) in [4.78, 5) is 24.3. The maximum Gasteiger partial charge on any atom is 0.239 e. The summed E-state index contributed by atoms with van der Waals surface area (Å²) in [5.74, 6) is -1.62. The quantitative estimate of drug-likeness (QED) is 0.525. The molecular weight excluding hydrogens is 304 g/mol. The predicted molar refractivity (Wildman–Crippen MR) is 92.6 cm³/mol. The molecule has 0 bridgehead atoms. The molecule has 0 aromatic rings. The molecule has 24 heavy (non-hydrogen) atoms. The summed E-state index contributed by atoms with van der Waals surface area (Å²) in [6, 6.07) is 0. The second kappa shape index (κ2) is 5.18. The lowest BCUT2D eigenvalue weighted by molar-refractivity contribution is -0.689. The lowest BCUT2D eigenvalue weighted by atomic mass is 9.61. The van der Waals surface area contributed by atoms with E-state index in [1.807, 2.05) is 0 Å². The van der Waals surface area contributed by atoms with E-state index in [-0.39, 0.29) is 21.7 Å². The third-order valence-corrected chi connectivity index (χ3v) is 6.79. The van der Waals surface area contributed by atoms with Crippen molar-refractivity contribution in [3.8, 4) is 0 Å². The van der Waals surface area contributed by atoms with Crippen LogP contribution in [0, 0.1) is 21.7 Å². The second-order valence-electron chi connectivity index (χ2n) is 11.3. The maximum atomic E-state index is 6.06. The minimum atomic E-state index is -0.809. The van der Waals surface area contributed by atoms with Gasteiger partial charge < -0.3 is 0 Å². The summed E-state index contributed by atoms with van der Waals surface area (Å²) in [6.45, 7) is 18.0. The van der Waals surface area contributed by atoms with Gasteiger partial charge in [0.2, 0.25) is 11.6 Å². The van der Waals surface area contributed by atoms with Crippen LogP contribution in [0.2, 0.25) is 0 Å². The SMILES string of the molecule is CC1(C)CCC2(OOC3(CCC(C)(C)CC3(C)C)OO2)C(C)(C)C1. The minimum absolute atomic E-state index is 0.172. The molecule has 3 fully saturated rings. The zero-order valence-electron chi connectivity index (χ0n) is 16.9. The Morgan fingerprint density at radius 3 is 1.00 bits per heavy atom. The van der Waals surface area contributed by atoms with Gasteiger partial charge in [-0.2, -0.15) is 19.6 Å². The molecule has 0 N–H and O–H groups in total. The van der Waals surface area contributed by atoms with Crippen molar-refractivity contribution < 1.29 is 19.6 Å². The van der Waals surface area contributed by atoms with Gasteiger partial charge in [-0.25, -0.2) is 0 Å². The monoisotopic (exact) mass is 340 g/mol. The van der Waals surface area contributed by atoms with Crippen LogP contribution in [0.3, 0.4) is 0 Å². The van der Waals surface area contributed by atoms with Gasteiger partial charge in [0.25, 0.3) is 0 Å². The van der Waals surface area contributed by atoms with Gasteiger partial charge in [-0.1, -0.05) is 55.4 Å². The topological polar surface area (TPSA) is 36.9 Å². The minimum Gasteiger partial charge on any atom is -0.194 e. The van der Waals surface area contributed by atoms with Gasteiger partial charge in [0, 0.05) is 23.7 Å². The first-order valence-electron chi connectivity index (χ1n) is 9.48. The molecule has 0 unspecified atom stereocenters. The van der Waals surface area contributed by atoms with E-state index in [1.54, 1.807) is 0 Å². The molecule has 0 radical (unpaired) electrons. The van der Waals surface area contributed by atoms with E-state index in [2.05, 4.69) is 55.4 Å². The van der Waals surface area contributed by atoms with Crippen molar-refractivity contribution in [2.45, 2.75) is 105 Å². The molecule has 4 heteroatoms. The molecule has 3 aliphatic rings. The second-order valence-corrected chi connectivity index (χ2v) is 11.3. The Kier molecular flexibility index (Phi) is 4.02. The fraction of sp³-hybridized carbons (Fsp3) is 1.00. The molecule has 140 valence electrons. The van der Waals surface area contributed by atoms with Crippen LogP contribution in [0.4, 0.5) is 0 Å². The van der Waals surface area contributed by atoms with Crippen molar-refractivity contribution in [2.24, 2.45) is 21.7 Å². The Morgan fingerprint density at radius 2 is 0.750 bits per heavy atom. The molecule has 2 spiro atoms. The number of rotatable bonds is 0. The van der Waals surface area contributed by atoms with E-state index in [0.717, 1.165) is 38.5 Å². The first kappa shape index (κ1) is 18.6. The molecule has 1 heterocycles. The highest BCUT2D eigenvalue weighted by molar-refractivity contribution is 5.00. The smallest absolute Gasteiger partial charge is 0.194 e. The van der Waals surface area contributed by atoms with Crippen molar-refractivity contribution >= 4 is 0 Å². The van der Waals surface area contributed by atoms with Crippen LogP contribution in [0.15, 0.2) is 0 Å². The van der Waals surface area contributed by atoms with Crippen molar-refractivity contribution in [3.63, 3.8) is 0 Å². The van der Waals surface area contributed by atoms with Crippen LogP contribution < -0.4 is 0 Å². The molecule has 0 amide bonds. The molecule has 1 saturated heterocycles. The molecule has 4 nitrogen and oxygen atoms in total. The lowest BCUT2D eigenvalue weighted by Gasteiger charge is -2.59. The van der Waals surface area contributed by atoms with Crippen molar-refractivity contribution in [3.05, 3.63) is 0 Å². The number of hydrogen-bond acceptors (Lipinski definition) is 4. The zero-order valence-corrected chi connectivity index (χ0v) is 16.9. The van der Waals surface area contributed by atoms with Crippen LogP contribution in [0.1, 0.15) is 93.9 Å². The van der Waals surface area contributed by atoms with Crippen LogP contribution in [-0.2, 0) is 19.6 Å². The Labute approximate surface area is 147 Å². The van der Waals surface area contributed by atoms with Crippen LogP contribution >= 0.6 is 0 Å². The molecule has 1 aliphatic heterocycles. The van der Waals surface area contributed by atoms with E-state index in [4.69, 9.17) is 19.6 Å². The molecule has 0 atom stereocenters. The normalized spacial score (nSPS) is 35.0. The lowest BCUT2D eigenvalue weighted by Crippen LogP contribution is -2.65. The third kappa shape index (κ3) is 2.84. The highest BCUT2D eigenvalue weighted by atomic mass is 17.4. The van der Waals surface area contributed by atoms with Crippen LogP contribution in [0.25, 0.3) is 0 Å². The van der Waals surface area contributed by atoms with E-state index >= 15 is 0 Å². The molecule has 0 aromatic heterocycles. The maximum absolute atomic E-state index is 6.06. The third-order valence-electron chi connectivity index (χ3n) is 6.79. The first-order chi connectivity index (χ1) is 10.7. The molecular formula is C20H36O4. The average Bonchev–Trinajstić information content (AvgIpc) is 2.39. The largest absolute Gasteiger partial charge is 0.239 e. The van der Waals surface area contributed by atoms with Crippen molar-refractivity contribution in [1.82, 2.24) is 0 Å². The van der Waals surface area contributed by atoms with E-state index in [1.165, 1.54) is 0 Å². The van der Waals surface area contributed by atoms with Crippen LogP contribution in [-0.4, -0.2) is 11.6 Å². The highest BCUT2D eigenvalue weighted by Gasteiger charge is 2.64. The van der Waals surface area contributed by atoms with Gasteiger partial charge in [0.1, 0.15) is 0 Å². The summed E-state index contributed by atoms with van der Waals surface area (Å²) in [5.41, 5.74) is 0.221. The van der Waals surface area contributed by atoms with E-state index < -0.39 is 11.6 Å². The van der Waals surface area contributed by atoms with Gasteiger partial charge >= 0.3 is 0 Å². The van der Waals surface area contributed by atoms with Gasteiger partial charge in [0.15, 0.2) is 0 Å². The first-order valence-corrected chi connectivity index (χ1v) is 9.48. The summed E-state index contributed by atoms with van der Waals surface area (Å²) in [6.07, 6.45) is 5.66. The van der Waals surface area contributed by atoms with Gasteiger partial charge in [-0.05, 0) is 36.5 Å². The Morgan fingerprint density at radius 1 is 0.458 bits per heavy atom. The average molecular weight is 341 g/mol. The van der Waals surface area contributed by atoms with Gasteiger partial charge in [-0.3, -0.25) is 0 Å². The summed E-state index contributed by atoms with van der Waals surface area (Å²) >= 11 is 0. The fourth-order valence-corrected chi connectivity index (χ4v) is 5.44.